The summed E-state index contributed by atoms with van der Waals surface area (Å²) in [6.07, 6.45) is 0.0189. The number of fused-ring (bicyclic) bond motifs is 5. The van der Waals surface area contributed by atoms with Crippen LogP contribution in [0.3, 0.4) is 0 Å². The summed E-state index contributed by atoms with van der Waals surface area (Å²) in [5.41, 5.74) is 1.64. The summed E-state index contributed by atoms with van der Waals surface area (Å²) in [5.74, 6) is -0.770. The topological polar surface area (TPSA) is 122 Å². The van der Waals surface area contributed by atoms with Gasteiger partial charge in [-0.1, -0.05) is 19.6 Å². The lowest BCUT2D eigenvalue weighted by atomic mass is 9.86. The zero-order valence-electron chi connectivity index (χ0n) is 16.8. The van der Waals surface area contributed by atoms with Crippen LogP contribution < -0.4 is 5.56 Å². The maximum atomic E-state index is 13.2. The van der Waals surface area contributed by atoms with Crippen molar-refractivity contribution in [2.45, 2.75) is 38.4 Å². The van der Waals surface area contributed by atoms with Crippen LogP contribution in [0, 0.1) is 0 Å². The van der Waals surface area contributed by atoms with Crippen molar-refractivity contribution in [3.63, 3.8) is 0 Å². The molecule has 158 valence electrons. The third-order valence-corrected chi connectivity index (χ3v) is 6.20. The van der Waals surface area contributed by atoms with Gasteiger partial charge in [0.05, 0.1) is 29.0 Å². The molecule has 3 aromatic rings. The van der Waals surface area contributed by atoms with Crippen molar-refractivity contribution in [2.24, 2.45) is 0 Å². The normalized spacial score (nSPS) is 19.2. The number of hydrogen-bond donors (Lipinski definition) is 3. The van der Waals surface area contributed by atoms with E-state index in [1.165, 1.54) is 0 Å². The fourth-order valence-electron chi connectivity index (χ4n) is 4.45. The minimum atomic E-state index is -1.88. The molecule has 4 heterocycles. The minimum Gasteiger partial charge on any atom is -0.458 e. The molecule has 31 heavy (non-hydrogen) atoms. The minimum absolute atomic E-state index is 0.0696. The lowest BCUT2D eigenvalue weighted by Gasteiger charge is -2.31. The second kappa shape index (κ2) is 6.58. The summed E-state index contributed by atoms with van der Waals surface area (Å²) >= 11 is 0. The Morgan fingerprint density at radius 2 is 2.06 bits per heavy atom. The summed E-state index contributed by atoms with van der Waals surface area (Å²) in [5, 5.41) is 30.9. The van der Waals surface area contributed by atoms with E-state index in [1.54, 1.807) is 35.8 Å². The number of pyridine rings is 2. The number of carbonyl (C=O) groups excluding carboxylic acids is 1. The molecule has 8 heteroatoms. The van der Waals surface area contributed by atoms with Gasteiger partial charge in [0.25, 0.3) is 5.56 Å². The quantitative estimate of drug-likeness (QED) is 0.341. The van der Waals surface area contributed by atoms with E-state index in [9.17, 15) is 24.9 Å². The van der Waals surface area contributed by atoms with E-state index in [2.05, 4.69) is 6.58 Å². The maximum absolute atomic E-state index is 13.2. The lowest BCUT2D eigenvalue weighted by molar-refractivity contribution is -0.172. The van der Waals surface area contributed by atoms with Gasteiger partial charge in [-0.25, -0.2) is 9.78 Å². The van der Waals surface area contributed by atoms with Crippen LogP contribution in [0.1, 0.15) is 47.5 Å². The molecule has 0 amide bonds. The zero-order chi connectivity index (χ0) is 22.1. The van der Waals surface area contributed by atoms with Crippen LogP contribution in [0.4, 0.5) is 0 Å². The first-order chi connectivity index (χ1) is 14.8. The van der Waals surface area contributed by atoms with Gasteiger partial charge >= 0.3 is 5.97 Å². The molecule has 2 aliphatic rings. The van der Waals surface area contributed by atoms with Crippen LogP contribution in [0.25, 0.3) is 28.4 Å². The highest BCUT2D eigenvalue weighted by molar-refractivity contribution is 5.92. The molecule has 1 aromatic carbocycles. The summed E-state index contributed by atoms with van der Waals surface area (Å²) < 4.78 is 6.64. The molecular formula is C23H20N2O6. The maximum Gasteiger partial charge on any atom is 0.343 e. The number of nitrogens with zero attached hydrogens (tertiary/aromatic N) is 2. The van der Waals surface area contributed by atoms with Crippen molar-refractivity contribution in [3.8, 4) is 11.4 Å². The van der Waals surface area contributed by atoms with Gasteiger partial charge in [0.15, 0.2) is 11.9 Å². The monoisotopic (exact) mass is 420 g/mol. The highest BCUT2D eigenvalue weighted by Crippen LogP contribution is 2.39. The van der Waals surface area contributed by atoms with Crippen molar-refractivity contribution in [1.82, 2.24) is 9.55 Å². The van der Waals surface area contributed by atoms with Crippen molar-refractivity contribution >= 4 is 22.9 Å². The number of benzene rings is 1. The van der Waals surface area contributed by atoms with E-state index in [-0.39, 0.29) is 35.3 Å². The number of hydrogen-bond acceptors (Lipinski definition) is 7. The number of rotatable bonds is 3. The van der Waals surface area contributed by atoms with E-state index in [1.807, 2.05) is 6.07 Å². The fourth-order valence-corrected chi connectivity index (χ4v) is 4.45. The highest BCUT2D eigenvalue weighted by Gasteiger charge is 2.45. The van der Waals surface area contributed by atoms with Crippen LogP contribution in [-0.4, -0.2) is 30.8 Å². The molecule has 0 aliphatic carbocycles. The van der Waals surface area contributed by atoms with Crippen LogP contribution in [-0.2, 0) is 28.3 Å². The van der Waals surface area contributed by atoms with Crippen molar-refractivity contribution < 1.29 is 24.9 Å². The van der Waals surface area contributed by atoms with Gasteiger partial charge in [0.1, 0.15) is 6.61 Å². The second-order valence-electron chi connectivity index (χ2n) is 7.85. The Balaban J connectivity index is 1.79. The zero-order valence-corrected chi connectivity index (χ0v) is 16.8. The second-order valence-corrected chi connectivity index (χ2v) is 7.85. The van der Waals surface area contributed by atoms with E-state index < -0.39 is 17.9 Å². The first-order valence-corrected chi connectivity index (χ1v) is 9.91. The Bertz CT molecular complexity index is 1360. The third kappa shape index (κ3) is 2.62. The predicted octanol–water partition coefficient (Wildman–Crippen LogP) is 1.71. The number of aliphatic hydroxyl groups excluding tert-OH is 1. The molecule has 0 bridgehead atoms. The average molecular weight is 420 g/mol. The Kier molecular flexibility index (Phi) is 4.17. The van der Waals surface area contributed by atoms with Crippen LogP contribution in [0.2, 0.25) is 0 Å². The van der Waals surface area contributed by atoms with Gasteiger partial charge in [-0.05, 0) is 36.2 Å². The van der Waals surface area contributed by atoms with Gasteiger partial charge in [-0.3, -0.25) is 4.79 Å². The average Bonchev–Trinajstić information content (AvgIpc) is 3.12. The number of cyclic esters (lactones) is 1. The summed E-state index contributed by atoms with van der Waals surface area (Å²) in [6.45, 7) is 5.56. The molecule has 1 atom stereocenters. The molecule has 2 aromatic heterocycles. The van der Waals surface area contributed by atoms with Crippen molar-refractivity contribution in [1.29, 1.82) is 0 Å². The van der Waals surface area contributed by atoms with Crippen LogP contribution in [0.5, 0.6) is 0 Å². The molecule has 5 rings (SSSR count). The molecule has 0 fully saturated rings. The van der Waals surface area contributed by atoms with E-state index in [0.29, 0.717) is 29.0 Å². The highest BCUT2D eigenvalue weighted by atomic mass is 16.6. The third-order valence-electron chi connectivity index (χ3n) is 6.20. The van der Waals surface area contributed by atoms with Crippen molar-refractivity contribution in [2.75, 3.05) is 0 Å². The first kappa shape index (κ1) is 19.6. The Morgan fingerprint density at radius 3 is 2.74 bits per heavy atom. The van der Waals surface area contributed by atoms with Gasteiger partial charge in [-0.2, -0.15) is 0 Å². The standard InChI is InChI=1S/C23H20N2O6/c1-3-11-5-12(21(27)28)7-17-14(11)6-13-9-25-18(19(13)24-17)8-16-15(20(25)26)10-31-22(29)23(16,30)4-2/h3,5-8,21,27-28,30H,1,4,9-10H2,2H3/t23-/m0/s1. The van der Waals surface area contributed by atoms with Gasteiger partial charge in [-0.15, -0.1) is 0 Å². The number of aromatic nitrogens is 2. The smallest absolute Gasteiger partial charge is 0.343 e. The number of aliphatic hydroxyl groups is 3. The van der Waals surface area contributed by atoms with Gasteiger partial charge in [0, 0.05) is 22.1 Å². The fraction of sp³-hybridized carbons (Fsp3) is 0.261. The van der Waals surface area contributed by atoms with E-state index in [4.69, 9.17) is 9.72 Å². The van der Waals surface area contributed by atoms with E-state index in [0.717, 1.165) is 10.9 Å². The molecule has 0 unspecified atom stereocenters. The van der Waals surface area contributed by atoms with E-state index >= 15 is 0 Å². The lowest BCUT2D eigenvalue weighted by Crippen LogP contribution is -2.44. The first-order valence-electron chi connectivity index (χ1n) is 9.91. The SMILES string of the molecule is C=Cc1cc(C(O)O)cc2nc3c(cc12)Cn1c-3cc2c(c1=O)COC(=O)[C@]2(O)CC. The summed E-state index contributed by atoms with van der Waals surface area (Å²) in [4.78, 5) is 30.2. The molecule has 8 nitrogen and oxygen atoms in total. The molecule has 0 radical (unpaired) electrons. The van der Waals surface area contributed by atoms with Gasteiger partial charge in [0.2, 0.25) is 0 Å². The van der Waals surface area contributed by atoms with Crippen LogP contribution in [0.15, 0.2) is 35.6 Å². The summed E-state index contributed by atoms with van der Waals surface area (Å²) in [7, 11) is 0. The number of ether oxygens (including phenoxy) is 1. The molecule has 0 saturated carbocycles. The predicted molar refractivity (Wildman–Crippen MR) is 112 cm³/mol. The Hall–Kier alpha value is -3.33. The molecular weight excluding hydrogens is 400 g/mol. The van der Waals surface area contributed by atoms with Crippen molar-refractivity contribution in [3.05, 3.63) is 69.0 Å². The summed E-state index contributed by atoms with van der Waals surface area (Å²) in [6, 6.07) is 6.75. The molecule has 0 saturated heterocycles. The molecule has 0 spiro atoms. The Labute approximate surface area is 176 Å². The Morgan fingerprint density at radius 1 is 1.29 bits per heavy atom. The molecule has 2 aliphatic heterocycles. The van der Waals surface area contributed by atoms with Gasteiger partial charge < -0.3 is 24.6 Å². The largest absolute Gasteiger partial charge is 0.458 e. The van der Waals surface area contributed by atoms with Crippen LogP contribution >= 0.6 is 0 Å². The molecule has 3 N–H and O–H groups in total. The number of esters is 1. The number of carbonyl (C=O) groups is 1.